The van der Waals surface area contributed by atoms with E-state index in [-0.39, 0.29) is 24.0 Å². The lowest BCUT2D eigenvalue weighted by molar-refractivity contribution is -0.130. The predicted molar refractivity (Wildman–Crippen MR) is 132 cm³/mol. The summed E-state index contributed by atoms with van der Waals surface area (Å²) in [5, 5.41) is 0. The Morgan fingerprint density at radius 3 is 2.69 bits per heavy atom. The Labute approximate surface area is 206 Å². The van der Waals surface area contributed by atoms with E-state index in [0.29, 0.717) is 44.9 Å². The zero-order valence-corrected chi connectivity index (χ0v) is 20.8. The number of carbonyl (C=O) groups excluding carboxylic acids is 2. The number of anilines is 2. The van der Waals surface area contributed by atoms with Crippen LogP contribution in [0.4, 0.5) is 11.5 Å². The van der Waals surface area contributed by atoms with Crippen LogP contribution in [0.25, 0.3) is 10.7 Å². The van der Waals surface area contributed by atoms with Crippen LogP contribution in [0.2, 0.25) is 0 Å². The van der Waals surface area contributed by atoms with E-state index in [2.05, 4.69) is 4.98 Å². The maximum Gasteiger partial charge on any atom is 0.259 e. The Balaban J connectivity index is 1.55. The van der Waals surface area contributed by atoms with Crippen molar-refractivity contribution < 1.29 is 22.7 Å². The van der Waals surface area contributed by atoms with Gasteiger partial charge in [-0.15, -0.1) is 11.3 Å². The monoisotopic (exact) mass is 513 g/mol. The third-order valence-electron chi connectivity index (χ3n) is 5.93. The highest BCUT2D eigenvalue weighted by molar-refractivity contribution is 7.90. The first-order valence-corrected chi connectivity index (χ1v) is 13.5. The van der Waals surface area contributed by atoms with Gasteiger partial charge in [0.1, 0.15) is 11.6 Å². The minimum absolute atomic E-state index is 0.0857. The molecule has 3 aromatic rings. The number of likely N-dealkylation sites (N-methyl/N-ethyl adjacent to an activating group) is 1. The van der Waals surface area contributed by atoms with Gasteiger partial charge in [-0.05, 0) is 30.2 Å². The summed E-state index contributed by atoms with van der Waals surface area (Å²) < 4.78 is 30.7. The third kappa shape index (κ3) is 4.46. The first-order valence-electron chi connectivity index (χ1n) is 10.8. The van der Waals surface area contributed by atoms with Crippen LogP contribution in [0.1, 0.15) is 26.5 Å². The fourth-order valence-corrected chi connectivity index (χ4v) is 6.42. The second-order valence-corrected chi connectivity index (χ2v) is 11.8. The molecule has 0 atom stereocenters. The van der Waals surface area contributed by atoms with Gasteiger partial charge in [0, 0.05) is 38.0 Å². The Bertz CT molecular complexity index is 1460. The van der Waals surface area contributed by atoms with Crippen LogP contribution in [0.5, 0.6) is 5.75 Å². The molecule has 0 radical (unpaired) electrons. The predicted octanol–water partition coefficient (Wildman–Crippen LogP) is 1.89. The summed E-state index contributed by atoms with van der Waals surface area (Å²) >= 11 is 1.17. The number of amides is 2. The van der Waals surface area contributed by atoms with Crippen molar-refractivity contribution in [3.63, 3.8) is 0 Å². The molecule has 2 N–H and O–H groups in total. The lowest BCUT2D eigenvalue weighted by Gasteiger charge is -2.22. The Kier molecular flexibility index (Phi) is 5.72. The number of hydrogen-bond donors (Lipinski definition) is 1. The van der Waals surface area contributed by atoms with Crippen molar-refractivity contribution in [2.24, 2.45) is 5.73 Å². The van der Waals surface area contributed by atoms with Gasteiger partial charge in [0.05, 0.1) is 27.0 Å². The second kappa shape index (κ2) is 8.61. The summed E-state index contributed by atoms with van der Waals surface area (Å²) in [5.74, 6) is 0.430. The van der Waals surface area contributed by atoms with Crippen LogP contribution in [-0.4, -0.2) is 62.3 Å². The van der Waals surface area contributed by atoms with Crippen molar-refractivity contribution in [3.8, 4) is 16.5 Å². The van der Waals surface area contributed by atoms with E-state index < -0.39 is 15.7 Å². The van der Waals surface area contributed by atoms with Gasteiger partial charge in [-0.3, -0.25) is 9.59 Å². The maximum atomic E-state index is 12.5. The number of fused-ring (bicyclic) bond motifs is 2. The summed E-state index contributed by atoms with van der Waals surface area (Å²) in [4.78, 5) is 37.2. The van der Waals surface area contributed by atoms with Crippen molar-refractivity contribution in [1.29, 1.82) is 0 Å². The minimum Gasteiger partial charge on any atom is -0.484 e. The van der Waals surface area contributed by atoms with Gasteiger partial charge in [-0.25, -0.2) is 18.4 Å². The highest BCUT2D eigenvalue weighted by Gasteiger charge is 2.34. The smallest absolute Gasteiger partial charge is 0.259 e. The van der Waals surface area contributed by atoms with E-state index in [1.807, 2.05) is 23.1 Å². The molecular formula is C23H23N5O5S2. The van der Waals surface area contributed by atoms with Crippen LogP contribution in [0, 0.1) is 0 Å². The van der Waals surface area contributed by atoms with Crippen molar-refractivity contribution in [1.82, 2.24) is 14.9 Å². The second-order valence-electron chi connectivity index (χ2n) is 8.63. The van der Waals surface area contributed by atoms with Crippen molar-refractivity contribution >= 4 is 44.5 Å². The summed E-state index contributed by atoms with van der Waals surface area (Å²) in [6.07, 6.45) is 0.748. The van der Waals surface area contributed by atoms with Crippen molar-refractivity contribution in [3.05, 3.63) is 52.0 Å². The number of hydrogen-bond acceptors (Lipinski definition) is 9. The molecule has 10 nitrogen and oxygen atoms in total. The molecule has 5 rings (SSSR count). The van der Waals surface area contributed by atoms with E-state index in [9.17, 15) is 18.0 Å². The van der Waals surface area contributed by atoms with E-state index in [4.69, 9.17) is 15.5 Å². The zero-order chi connectivity index (χ0) is 24.9. The number of primary amides is 1. The molecule has 0 saturated heterocycles. The number of carbonyl (C=O) groups is 2. The Morgan fingerprint density at radius 2 is 1.97 bits per heavy atom. The number of ether oxygens (including phenoxy) is 1. The lowest BCUT2D eigenvalue weighted by atomic mass is 10.1. The van der Waals surface area contributed by atoms with E-state index in [1.165, 1.54) is 16.2 Å². The van der Waals surface area contributed by atoms with Gasteiger partial charge in [-0.2, -0.15) is 0 Å². The molecule has 182 valence electrons. The van der Waals surface area contributed by atoms with Crippen LogP contribution in [0.3, 0.4) is 0 Å². The molecule has 2 aliphatic rings. The summed E-state index contributed by atoms with van der Waals surface area (Å²) in [5.41, 5.74) is 8.36. The normalized spacial score (nSPS) is 15.5. The van der Waals surface area contributed by atoms with E-state index in [1.54, 1.807) is 26.2 Å². The average Bonchev–Trinajstić information content (AvgIpc) is 3.52. The zero-order valence-electron chi connectivity index (χ0n) is 19.1. The minimum atomic E-state index is -3.34. The largest absolute Gasteiger partial charge is 0.484 e. The van der Waals surface area contributed by atoms with Gasteiger partial charge in [0.2, 0.25) is 0 Å². The standard InChI is InChI=1S/C23H23N5O5S2/c1-27(2)20(29)10-33-14-4-3-13-7-8-28(17(13)9-14)23-15-11-35(31,32)12-16(15)25-22(26-23)19-6-5-18(34-19)21(24)30/h3-6,9H,7-8,10-12H2,1-2H3,(H2,24,30). The Morgan fingerprint density at radius 1 is 1.17 bits per heavy atom. The summed E-state index contributed by atoms with van der Waals surface area (Å²) in [7, 11) is -0.0150. The molecule has 2 aromatic heterocycles. The molecule has 0 saturated carbocycles. The SMILES string of the molecule is CN(C)C(=O)COc1ccc2c(c1)N(c1nc(-c3ccc(C(N)=O)s3)nc3c1CS(=O)(=O)C3)CC2. The number of nitrogens with two attached hydrogens (primary N) is 1. The van der Waals surface area contributed by atoms with Crippen LogP contribution >= 0.6 is 11.3 Å². The molecule has 0 bridgehead atoms. The molecule has 35 heavy (non-hydrogen) atoms. The highest BCUT2D eigenvalue weighted by Crippen LogP contribution is 2.42. The van der Waals surface area contributed by atoms with Crippen LogP contribution in [0.15, 0.2) is 30.3 Å². The first kappa shape index (κ1) is 23.2. The number of nitrogens with zero attached hydrogens (tertiary/aromatic N) is 4. The average molecular weight is 514 g/mol. The molecule has 12 heteroatoms. The fourth-order valence-electron chi connectivity index (χ4n) is 4.13. The molecule has 0 spiro atoms. The molecule has 1 aromatic carbocycles. The van der Waals surface area contributed by atoms with Gasteiger partial charge in [0.25, 0.3) is 11.8 Å². The number of sulfone groups is 1. The van der Waals surface area contributed by atoms with Gasteiger partial charge < -0.3 is 20.3 Å². The summed E-state index contributed by atoms with van der Waals surface area (Å²) in [6, 6.07) is 8.94. The van der Waals surface area contributed by atoms with E-state index >= 15 is 0 Å². The quantitative estimate of drug-likeness (QED) is 0.528. The molecular weight excluding hydrogens is 490 g/mol. The van der Waals surface area contributed by atoms with Gasteiger partial charge in [0.15, 0.2) is 22.3 Å². The summed E-state index contributed by atoms with van der Waals surface area (Å²) in [6.45, 7) is 0.521. The number of thiophene rings is 1. The van der Waals surface area contributed by atoms with Crippen LogP contribution in [-0.2, 0) is 32.6 Å². The number of benzene rings is 1. The third-order valence-corrected chi connectivity index (χ3v) is 8.47. The number of aromatic nitrogens is 2. The molecule has 2 amide bonds. The molecule has 0 fully saturated rings. The van der Waals surface area contributed by atoms with Crippen LogP contribution < -0.4 is 15.4 Å². The van der Waals surface area contributed by atoms with Crippen molar-refractivity contribution in [2.45, 2.75) is 17.9 Å². The maximum absolute atomic E-state index is 12.5. The highest BCUT2D eigenvalue weighted by atomic mass is 32.2. The first-order chi connectivity index (χ1) is 16.6. The van der Waals surface area contributed by atoms with Gasteiger partial charge in [-0.1, -0.05) is 6.07 Å². The molecule has 0 unspecified atom stereocenters. The molecule has 2 aliphatic heterocycles. The Hall–Kier alpha value is -3.51. The topological polar surface area (TPSA) is 136 Å². The molecule has 4 heterocycles. The van der Waals surface area contributed by atoms with Gasteiger partial charge >= 0.3 is 0 Å². The van der Waals surface area contributed by atoms with Crippen molar-refractivity contribution in [2.75, 3.05) is 32.1 Å². The number of rotatable bonds is 6. The lowest BCUT2D eigenvalue weighted by Crippen LogP contribution is -2.27. The van der Waals surface area contributed by atoms with E-state index in [0.717, 1.165) is 17.7 Å². The molecule has 0 aliphatic carbocycles. The fraction of sp³-hybridized carbons (Fsp3) is 0.304.